The topological polar surface area (TPSA) is 101 Å². The third-order valence-corrected chi connectivity index (χ3v) is 4.86. The molecule has 0 bridgehead atoms. The Hall–Kier alpha value is -2.63. The van der Waals surface area contributed by atoms with E-state index in [1.165, 1.54) is 12.1 Å². The van der Waals surface area contributed by atoms with Crippen molar-refractivity contribution in [3.05, 3.63) is 34.9 Å². The van der Waals surface area contributed by atoms with Crippen LogP contribution in [0.3, 0.4) is 0 Å². The van der Waals surface area contributed by atoms with E-state index in [1.807, 2.05) is 13.8 Å². The van der Waals surface area contributed by atoms with Gasteiger partial charge in [-0.05, 0) is 37.5 Å². The highest BCUT2D eigenvalue weighted by atomic mass is 16.5. The van der Waals surface area contributed by atoms with E-state index in [1.54, 1.807) is 0 Å². The quantitative estimate of drug-likeness (QED) is 0.348. The average Bonchev–Trinajstić information content (AvgIpc) is 2.66. The van der Waals surface area contributed by atoms with E-state index in [0.717, 1.165) is 38.2 Å². The van der Waals surface area contributed by atoms with Gasteiger partial charge in [-0.3, -0.25) is 14.4 Å². The lowest BCUT2D eigenvalue weighted by Gasteiger charge is -2.24. The molecular formula is C22H28O6. The number of esters is 1. The van der Waals surface area contributed by atoms with Gasteiger partial charge in [0.25, 0.3) is 0 Å². The zero-order valence-corrected chi connectivity index (χ0v) is 16.5. The first kappa shape index (κ1) is 21.7. The van der Waals surface area contributed by atoms with Crippen LogP contribution in [0, 0.1) is 0 Å². The maximum absolute atomic E-state index is 13.0. The summed E-state index contributed by atoms with van der Waals surface area (Å²) in [6, 6.07) is 2.34. The molecule has 2 N–H and O–H groups in total. The number of phenols is 2. The summed E-state index contributed by atoms with van der Waals surface area (Å²) in [4.78, 5) is 37.7. The Labute approximate surface area is 165 Å². The van der Waals surface area contributed by atoms with Gasteiger partial charge in [0, 0.05) is 12.0 Å². The summed E-state index contributed by atoms with van der Waals surface area (Å²) in [7, 11) is 0. The lowest BCUT2D eigenvalue weighted by molar-refractivity contribution is -0.147. The van der Waals surface area contributed by atoms with E-state index in [4.69, 9.17) is 4.74 Å². The minimum absolute atomic E-state index is 0.0540. The van der Waals surface area contributed by atoms with Crippen LogP contribution in [0.25, 0.3) is 0 Å². The first-order valence-electron chi connectivity index (χ1n) is 9.95. The minimum atomic E-state index is -0.841. The van der Waals surface area contributed by atoms with Crippen molar-refractivity contribution in [2.24, 2.45) is 0 Å². The number of ether oxygens (including phenoxy) is 1. The maximum Gasteiger partial charge on any atom is 0.306 e. The second-order valence-electron chi connectivity index (χ2n) is 7.08. The Kier molecular flexibility index (Phi) is 7.79. The zero-order chi connectivity index (χ0) is 20.7. The molecule has 6 nitrogen and oxygen atoms in total. The van der Waals surface area contributed by atoms with Crippen molar-refractivity contribution in [3.63, 3.8) is 0 Å². The van der Waals surface area contributed by atoms with Crippen LogP contribution in [-0.4, -0.2) is 33.9 Å². The fraction of sp³-hybridized carbons (Fsp3) is 0.500. The Morgan fingerprint density at radius 3 is 2.21 bits per heavy atom. The van der Waals surface area contributed by atoms with Crippen molar-refractivity contribution < 1.29 is 29.3 Å². The van der Waals surface area contributed by atoms with Crippen LogP contribution >= 0.6 is 0 Å². The molecule has 152 valence electrons. The van der Waals surface area contributed by atoms with Gasteiger partial charge < -0.3 is 14.9 Å². The molecule has 0 aliphatic heterocycles. The normalized spacial score (nSPS) is 14.4. The van der Waals surface area contributed by atoms with Crippen LogP contribution in [-0.2, 0) is 9.53 Å². The highest BCUT2D eigenvalue weighted by Gasteiger charge is 2.35. The summed E-state index contributed by atoms with van der Waals surface area (Å²) >= 11 is 0. The Morgan fingerprint density at radius 1 is 0.964 bits per heavy atom. The fourth-order valence-corrected chi connectivity index (χ4v) is 3.32. The summed E-state index contributed by atoms with van der Waals surface area (Å²) in [5, 5.41) is 20.0. The lowest BCUT2D eigenvalue weighted by Crippen LogP contribution is -2.29. The Morgan fingerprint density at radius 2 is 1.57 bits per heavy atom. The number of aromatic hydroxyl groups is 2. The van der Waals surface area contributed by atoms with Gasteiger partial charge in [0.05, 0.1) is 11.1 Å². The monoisotopic (exact) mass is 388 g/mol. The number of benzene rings is 1. The third kappa shape index (κ3) is 5.00. The van der Waals surface area contributed by atoms with Crippen molar-refractivity contribution in [3.8, 4) is 11.5 Å². The van der Waals surface area contributed by atoms with Gasteiger partial charge in [-0.25, -0.2) is 0 Å². The average molecular weight is 388 g/mol. The van der Waals surface area contributed by atoms with Crippen molar-refractivity contribution >= 4 is 17.5 Å². The van der Waals surface area contributed by atoms with E-state index in [9.17, 15) is 24.6 Å². The van der Waals surface area contributed by atoms with E-state index in [-0.39, 0.29) is 34.6 Å². The van der Waals surface area contributed by atoms with Gasteiger partial charge in [-0.1, -0.05) is 39.5 Å². The molecule has 1 aliphatic rings. The molecule has 0 heterocycles. The number of carbonyl (C=O) groups excluding carboxylic acids is 3. The molecular weight excluding hydrogens is 360 g/mol. The largest absolute Gasteiger partial charge is 0.507 e. The van der Waals surface area contributed by atoms with Crippen LogP contribution < -0.4 is 0 Å². The lowest BCUT2D eigenvalue weighted by atomic mass is 9.84. The number of Topliss-reactive ketones (excluding diaryl/α,β-unsaturated/α-hetero) is 1. The van der Waals surface area contributed by atoms with E-state index in [2.05, 4.69) is 0 Å². The van der Waals surface area contributed by atoms with Crippen molar-refractivity contribution in [2.45, 2.75) is 71.3 Å². The molecule has 6 heteroatoms. The number of ketones is 2. The maximum atomic E-state index is 13.0. The number of unbranched alkanes of at least 4 members (excludes halogenated alkanes) is 4. The molecule has 1 unspecified atom stereocenters. The number of phenolic OH excluding ortho intramolecular Hbond substituents is 2. The summed E-state index contributed by atoms with van der Waals surface area (Å²) in [6.07, 6.45) is 6.17. The second-order valence-corrected chi connectivity index (χ2v) is 7.08. The fourth-order valence-electron chi connectivity index (χ4n) is 3.32. The zero-order valence-electron chi connectivity index (χ0n) is 16.5. The first-order valence-corrected chi connectivity index (χ1v) is 9.95. The molecule has 0 saturated heterocycles. The number of rotatable bonds is 10. The van der Waals surface area contributed by atoms with Crippen LogP contribution in [0.4, 0.5) is 0 Å². The number of carbonyl (C=O) groups is 3. The number of hydrogen-bond donors (Lipinski definition) is 2. The van der Waals surface area contributed by atoms with E-state index >= 15 is 0 Å². The number of hydrogen-bond acceptors (Lipinski definition) is 6. The van der Waals surface area contributed by atoms with Gasteiger partial charge in [0.2, 0.25) is 0 Å². The van der Waals surface area contributed by atoms with Crippen LogP contribution in [0.15, 0.2) is 23.8 Å². The van der Waals surface area contributed by atoms with Gasteiger partial charge in [0.15, 0.2) is 11.6 Å². The first-order chi connectivity index (χ1) is 13.4. The predicted octanol–water partition coefficient (Wildman–Crippen LogP) is 4.48. The summed E-state index contributed by atoms with van der Waals surface area (Å²) in [5.74, 6) is -2.31. The Bertz CT molecular complexity index is 777. The van der Waals surface area contributed by atoms with Gasteiger partial charge in [-0.2, -0.15) is 0 Å². The van der Waals surface area contributed by atoms with Gasteiger partial charge >= 0.3 is 5.97 Å². The molecule has 0 fully saturated rings. The molecule has 28 heavy (non-hydrogen) atoms. The predicted molar refractivity (Wildman–Crippen MR) is 105 cm³/mol. The summed E-state index contributed by atoms with van der Waals surface area (Å²) < 4.78 is 5.56. The molecule has 1 aromatic rings. The molecule has 0 spiro atoms. The third-order valence-electron chi connectivity index (χ3n) is 4.86. The molecule has 1 atom stereocenters. The van der Waals surface area contributed by atoms with Crippen LogP contribution in [0.5, 0.6) is 11.5 Å². The van der Waals surface area contributed by atoms with E-state index < -0.39 is 23.6 Å². The Balaban J connectivity index is 2.29. The number of fused-ring (bicyclic) bond motifs is 1. The van der Waals surface area contributed by atoms with E-state index in [0.29, 0.717) is 12.8 Å². The van der Waals surface area contributed by atoms with Crippen molar-refractivity contribution in [1.29, 1.82) is 0 Å². The van der Waals surface area contributed by atoms with Crippen molar-refractivity contribution in [2.75, 3.05) is 0 Å². The SMILES string of the molecule is CCCCCC(=O)OC(CCCCC)C1=CC(=O)c2c(O)ccc(O)c2C1=O. The molecule has 2 rings (SSSR count). The molecule has 0 amide bonds. The standard InChI is InChI=1S/C22H28O6/c1-3-5-7-9-18(28-19(26)10-8-6-4-2)14-13-17(25)20-15(23)11-12-16(24)21(20)22(14)27/h11-13,18,23-24H,3-10H2,1-2H3. The van der Waals surface area contributed by atoms with Crippen LogP contribution in [0.2, 0.25) is 0 Å². The highest BCUT2D eigenvalue weighted by molar-refractivity contribution is 6.27. The summed E-state index contributed by atoms with van der Waals surface area (Å²) in [5.41, 5.74) is -0.390. The number of allylic oxidation sites excluding steroid dienone is 1. The summed E-state index contributed by atoms with van der Waals surface area (Å²) in [6.45, 7) is 4.08. The molecule has 0 saturated carbocycles. The molecule has 1 aromatic carbocycles. The van der Waals surface area contributed by atoms with Crippen molar-refractivity contribution in [1.82, 2.24) is 0 Å². The smallest absolute Gasteiger partial charge is 0.306 e. The van der Waals surface area contributed by atoms with Gasteiger partial charge in [0.1, 0.15) is 17.6 Å². The minimum Gasteiger partial charge on any atom is -0.507 e. The van der Waals surface area contributed by atoms with Crippen LogP contribution in [0.1, 0.15) is 85.9 Å². The second kappa shape index (κ2) is 10.1. The molecule has 0 radical (unpaired) electrons. The van der Waals surface area contributed by atoms with Gasteiger partial charge in [-0.15, -0.1) is 0 Å². The highest BCUT2D eigenvalue weighted by Crippen LogP contribution is 2.36. The molecule has 1 aliphatic carbocycles. The molecule has 0 aromatic heterocycles.